The Labute approximate surface area is 189 Å². The number of benzene rings is 2. The largest absolute Gasteiger partial charge is 0.484 e. The second-order valence-electron chi connectivity index (χ2n) is 8.84. The predicted octanol–water partition coefficient (Wildman–Crippen LogP) is 3.56. The Kier molecular flexibility index (Phi) is 7.43. The van der Waals surface area contributed by atoms with Crippen LogP contribution in [-0.4, -0.2) is 48.6 Å². The summed E-state index contributed by atoms with van der Waals surface area (Å²) in [6, 6.07) is 19.4. The standard InChI is InChI=1S/C26H32N2O4/c29-24(27-19-21-7-3-1-4-8-21)17-22-11-16-32-26(18-22)12-14-28(15-13-26)25(30)20-31-23-9-5-2-6-10-23/h1-10,22H,11-20H2,(H,27,29). The first-order chi connectivity index (χ1) is 15.6. The monoisotopic (exact) mass is 436 g/mol. The highest BCUT2D eigenvalue weighted by Crippen LogP contribution is 2.38. The van der Waals surface area contributed by atoms with Crippen LogP contribution in [0, 0.1) is 5.92 Å². The van der Waals surface area contributed by atoms with Crippen LogP contribution in [0.4, 0.5) is 0 Å². The highest BCUT2D eigenvalue weighted by molar-refractivity contribution is 5.78. The van der Waals surface area contributed by atoms with E-state index in [4.69, 9.17) is 9.47 Å². The van der Waals surface area contributed by atoms with E-state index in [2.05, 4.69) is 5.32 Å². The molecule has 2 aromatic carbocycles. The van der Waals surface area contributed by atoms with Crippen LogP contribution in [0.1, 0.15) is 37.7 Å². The van der Waals surface area contributed by atoms with E-state index in [1.807, 2.05) is 65.6 Å². The summed E-state index contributed by atoms with van der Waals surface area (Å²) >= 11 is 0. The van der Waals surface area contributed by atoms with E-state index in [9.17, 15) is 9.59 Å². The van der Waals surface area contributed by atoms with E-state index in [1.54, 1.807) is 0 Å². The maximum Gasteiger partial charge on any atom is 0.260 e. The third-order valence-electron chi connectivity index (χ3n) is 6.53. The Morgan fingerprint density at radius 1 is 1.03 bits per heavy atom. The van der Waals surface area contributed by atoms with Crippen LogP contribution in [0.5, 0.6) is 5.75 Å². The van der Waals surface area contributed by atoms with Gasteiger partial charge in [-0.05, 0) is 49.3 Å². The average Bonchev–Trinajstić information content (AvgIpc) is 2.83. The number of amides is 2. The number of hydrogen-bond donors (Lipinski definition) is 1. The fourth-order valence-electron chi connectivity index (χ4n) is 4.70. The highest BCUT2D eigenvalue weighted by atomic mass is 16.5. The van der Waals surface area contributed by atoms with Crippen LogP contribution < -0.4 is 10.1 Å². The van der Waals surface area contributed by atoms with Crippen molar-refractivity contribution in [1.29, 1.82) is 0 Å². The molecular weight excluding hydrogens is 404 g/mol. The number of carbonyl (C=O) groups excluding carboxylic acids is 2. The minimum absolute atomic E-state index is 0.0105. The van der Waals surface area contributed by atoms with Crippen molar-refractivity contribution in [2.75, 3.05) is 26.3 Å². The lowest BCUT2D eigenvalue weighted by atomic mass is 9.78. The lowest BCUT2D eigenvalue weighted by molar-refractivity contribution is -0.149. The minimum atomic E-state index is -0.209. The summed E-state index contributed by atoms with van der Waals surface area (Å²) in [6.07, 6.45) is 3.95. The topological polar surface area (TPSA) is 67.9 Å². The van der Waals surface area contributed by atoms with Crippen LogP contribution >= 0.6 is 0 Å². The molecule has 2 aliphatic rings. The molecule has 0 bridgehead atoms. The van der Waals surface area contributed by atoms with Gasteiger partial charge < -0.3 is 19.7 Å². The Bertz CT molecular complexity index is 879. The molecule has 1 spiro atoms. The molecule has 2 saturated heterocycles. The number of carbonyl (C=O) groups is 2. The summed E-state index contributed by atoms with van der Waals surface area (Å²) < 4.78 is 11.8. The molecule has 6 heteroatoms. The normalized spacial score (nSPS) is 20.0. The summed E-state index contributed by atoms with van der Waals surface area (Å²) in [5.41, 5.74) is 0.900. The minimum Gasteiger partial charge on any atom is -0.484 e. The Hall–Kier alpha value is -2.86. The maximum atomic E-state index is 12.5. The molecule has 2 amide bonds. The first-order valence-corrected chi connectivity index (χ1v) is 11.5. The van der Waals surface area contributed by atoms with Crippen molar-refractivity contribution in [2.24, 2.45) is 5.92 Å². The summed E-state index contributed by atoms with van der Waals surface area (Å²) in [4.78, 5) is 26.9. The van der Waals surface area contributed by atoms with E-state index < -0.39 is 0 Å². The lowest BCUT2D eigenvalue weighted by Crippen LogP contribution is -2.51. The van der Waals surface area contributed by atoms with Crippen molar-refractivity contribution in [3.8, 4) is 5.75 Å². The molecule has 0 aliphatic carbocycles. The molecule has 32 heavy (non-hydrogen) atoms. The number of para-hydroxylation sites is 1. The highest BCUT2D eigenvalue weighted by Gasteiger charge is 2.41. The van der Waals surface area contributed by atoms with Crippen LogP contribution in [0.2, 0.25) is 0 Å². The van der Waals surface area contributed by atoms with E-state index >= 15 is 0 Å². The van der Waals surface area contributed by atoms with E-state index in [0.29, 0.717) is 44.3 Å². The predicted molar refractivity (Wildman–Crippen MR) is 122 cm³/mol. The van der Waals surface area contributed by atoms with Crippen molar-refractivity contribution >= 4 is 11.8 Å². The number of likely N-dealkylation sites (tertiary alicyclic amines) is 1. The van der Waals surface area contributed by atoms with Crippen molar-refractivity contribution in [3.05, 3.63) is 66.2 Å². The second-order valence-corrected chi connectivity index (χ2v) is 8.84. The first kappa shape index (κ1) is 22.3. The molecule has 0 saturated carbocycles. The van der Waals surface area contributed by atoms with Gasteiger partial charge in [-0.25, -0.2) is 0 Å². The van der Waals surface area contributed by atoms with Crippen molar-refractivity contribution in [1.82, 2.24) is 10.2 Å². The van der Waals surface area contributed by atoms with E-state index in [1.165, 1.54) is 0 Å². The van der Waals surface area contributed by atoms with Gasteiger partial charge in [0.2, 0.25) is 5.91 Å². The van der Waals surface area contributed by atoms with Crippen molar-refractivity contribution < 1.29 is 19.1 Å². The first-order valence-electron chi connectivity index (χ1n) is 11.5. The summed E-state index contributed by atoms with van der Waals surface area (Å²) in [5, 5.41) is 3.04. The van der Waals surface area contributed by atoms with Gasteiger partial charge in [-0.2, -0.15) is 0 Å². The van der Waals surface area contributed by atoms with Gasteiger partial charge in [-0.1, -0.05) is 48.5 Å². The zero-order valence-electron chi connectivity index (χ0n) is 18.5. The lowest BCUT2D eigenvalue weighted by Gasteiger charge is -2.46. The third-order valence-corrected chi connectivity index (χ3v) is 6.53. The van der Waals surface area contributed by atoms with Crippen LogP contribution in [0.15, 0.2) is 60.7 Å². The number of piperidine rings is 1. The van der Waals surface area contributed by atoms with Gasteiger partial charge in [0.15, 0.2) is 6.61 Å². The van der Waals surface area contributed by atoms with Crippen LogP contribution in [0.25, 0.3) is 0 Å². The van der Waals surface area contributed by atoms with Crippen LogP contribution in [0.3, 0.4) is 0 Å². The summed E-state index contributed by atoms with van der Waals surface area (Å²) in [5.74, 6) is 1.14. The van der Waals surface area contributed by atoms with Gasteiger partial charge in [0.05, 0.1) is 5.60 Å². The molecule has 2 fully saturated rings. The molecule has 1 N–H and O–H groups in total. The number of nitrogens with one attached hydrogen (secondary N) is 1. The van der Waals surface area contributed by atoms with Gasteiger partial charge in [0.25, 0.3) is 5.91 Å². The number of hydrogen-bond acceptors (Lipinski definition) is 4. The fourth-order valence-corrected chi connectivity index (χ4v) is 4.70. The molecule has 0 aromatic heterocycles. The molecule has 0 radical (unpaired) electrons. The molecule has 2 aromatic rings. The van der Waals surface area contributed by atoms with Gasteiger partial charge >= 0.3 is 0 Å². The zero-order valence-corrected chi connectivity index (χ0v) is 18.5. The van der Waals surface area contributed by atoms with Crippen molar-refractivity contribution in [2.45, 2.75) is 44.2 Å². The average molecular weight is 437 g/mol. The molecule has 2 aliphatic heterocycles. The molecule has 2 heterocycles. The Morgan fingerprint density at radius 2 is 1.72 bits per heavy atom. The fraction of sp³-hybridized carbons (Fsp3) is 0.462. The van der Waals surface area contributed by atoms with E-state index in [-0.39, 0.29) is 24.0 Å². The van der Waals surface area contributed by atoms with Gasteiger partial charge in [0.1, 0.15) is 5.75 Å². The quantitative estimate of drug-likeness (QED) is 0.721. The van der Waals surface area contributed by atoms with Gasteiger partial charge in [0, 0.05) is 32.7 Å². The number of rotatable bonds is 7. The van der Waals surface area contributed by atoms with Crippen LogP contribution in [-0.2, 0) is 20.9 Å². The van der Waals surface area contributed by atoms with Crippen molar-refractivity contribution in [3.63, 3.8) is 0 Å². The van der Waals surface area contributed by atoms with E-state index in [0.717, 1.165) is 31.2 Å². The Balaban J connectivity index is 1.21. The molecule has 1 atom stereocenters. The van der Waals surface area contributed by atoms with Gasteiger partial charge in [-0.3, -0.25) is 9.59 Å². The zero-order chi connectivity index (χ0) is 22.2. The van der Waals surface area contributed by atoms with Gasteiger partial charge in [-0.15, -0.1) is 0 Å². The molecule has 170 valence electrons. The third kappa shape index (κ3) is 6.10. The maximum absolute atomic E-state index is 12.5. The number of nitrogens with zero attached hydrogens (tertiary/aromatic N) is 1. The summed E-state index contributed by atoms with van der Waals surface area (Å²) in [7, 11) is 0. The second kappa shape index (κ2) is 10.6. The smallest absolute Gasteiger partial charge is 0.260 e. The molecule has 1 unspecified atom stereocenters. The SMILES string of the molecule is O=C(CC1CCOC2(CCN(C(=O)COc3ccccc3)CC2)C1)NCc1ccccc1. The Morgan fingerprint density at radius 3 is 2.44 bits per heavy atom. The molecule has 6 nitrogen and oxygen atoms in total. The molecule has 4 rings (SSSR count). The molecular formula is C26H32N2O4. The number of ether oxygens (including phenoxy) is 2. The summed E-state index contributed by atoms with van der Waals surface area (Å²) in [6.45, 7) is 2.65.